The maximum absolute atomic E-state index is 12.5. The largest absolute Gasteiger partial charge is 0.494 e. The highest BCUT2D eigenvalue weighted by Crippen LogP contribution is 2.37. The molecule has 21 heavy (non-hydrogen) atoms. The number of aromatic nitrogens is 1. The van der Waals surface area contributed by atoms with E-state index in [9.17, 15) is 9.59 Å². The number of aryl methyl sites for hydroxylation is 1. The molecule has 0 bridgehead atoms. The number of imide groups is 1. The van der Waals surface area contributed by atoms with Crippen LogP contribution in [0.4, 0.5) is 5.69 Å². The normalized spacial score (nSPS) is 13.6. The molecule has 0 N–H and O–H groups in total. The fourth-order valence-corrected chi connectivity index (χ4v) is 2.44. The average molecular weight is 303 g/mol. The van der Waals surface area contributed by atoms with Crippen molar-refractivity contribution in [1.29, 1.82) is 0 Å². The van der Waals surface area contributed by atoms with E-state index in [1.54, 1.807) is 19.1 Å². The molecule has 1 aliphatic rings. The molecule has 2 aromatic rings. The van der Waals surface area contributed by atoms with Crippen molar-refractivity contribution in [2.45, 2.75) is 6.92 Å². The minimum Gasteiger partial charge on any atom is -0.494 e. The lowest BCUT2D eigenvalue weighted by Crippen LogP contribution is -2.29. The summed E-state index contributed by atoms with van der Waals surface area (Å²) >= 11 is 6.05. The standard InChI is InChI=1S/C15H11ClN2O3/c1-8-5-12(13(21-2)6-11(8)16)18-14(19)9-3-4-17-7-10(9)15(18)20/h3-7H,1-2H3. The van der Waals surface area contributed by atoms with Crippen molar-refractivity contribution in [3.8, 4) is 5.75 Å². The Kier molecular flexibility index (Phi) is 3.14. The second-order valence-corrected chi connectivity index (χ2v) is 5.05. The zero-order valence-electron chi connectivity index (χ0n) is 11.4. The summed E-state index contributed by atoms with van der Waals surface area (Å²) in [5.41, 5.74) is 1.76. The second kappa shape index (κ2) is 4.86. The van der Waals surface area contributed by atoms with E-state index < -0.39 is 11.8 Å². The van der Waals surface area contributed by atoms with Gasteiger partial charge in [0.1, 0.15) is 5.75 Å². The Morgan fingerprint density at radius 2 is 1.90 bits per heavy atom. The van der Waals surface area contributed by atoms with Gasteiger partial charge in [-0.3, -0.25) is 14.6 Å². The number of pyridine rings is 1. The highest BCUT2D eigenvalue weighted by molar-refractivity contribution is 6.35. The van der Waals surface area contributed by atoms with Crippen LogP contribution in [-0.4, -0.2) is 23.9 Å². The van der Waals surface area contributed by atoms with Gasteiger partial charge in [-0.25, -0.2) is 4.90 Å². The van der Waals surface area contributed by atoms with E-state index in [2.05, 4.69) is 4.98 Å². The van der Waals surface area contributed by atoms with Gasteiger partial charge in [0, 0.05) is 23.5 Å². The third-order valence-electron chi connectivity index (χ3n) is 3.39. The summed E-state index contributed by atoms with van der Waals surface area (Å²) in [6.07, 6.45) is 2.88. The van der Waals surface area contributed by atoms with Gasteiger partial charge in [0.2, 0.25) is 0 Å². The maximum Gasteiger partial charge on any atom is 0.267 e. The lowest BCUT2D eigenvalue weighted by atomic mass is 10.2. The van der Waals surface area contributed by atoms with E-state index >= 15 is 0 Å². The minimum absolute atomic E-state index is 0.289. The zero-order valence-corrected chi connectivity index (χ0v) is 12.1. The number of ether oxygens (including phenoxy) is 1. The van der Waals surface area contributed by atoms with E-state index in [1.807, 2.05) is 0 Å². The van der Waals surface area contributed by atoms with E-state index in [0.29, 0.717) is 22.0 Å². The average Bonchev–Trinajstić information content (AvgIpc) is 2.74. The van der Waals surface area contributed by atoms with Gasteiger partial charge in [0.25, 0.3) is 11.8 Å². The number of methoxy groups -OCH3 is 1. The number of anilines is 1. The highest BCUT2D eigenvalue weighted by atomic mass is 35.5. The first-order chi connectivity index (χ1) is 10.0. The first-order valence-corrected chi connectivity index (χ1v) is 6.59. The number of amides is 2. The Morgan fingerprint density at radius 1 is 1.19 bits per heavy atom. The molecule has 0 atom stereocenters. The summed E-state index contributed by atoms with van der Waals surface area (Å²) in [7, 11) is 1.46. The number of benzene rings is 1. The molecule has 0 saturated carbocycles. The van der Waals surface area contributed by atoms with Crippen LogP contribution in [0.25, 0.3) is 0 Å². The van der Waals surface area contributed by atoms with Gasteiger partial charge >= 0.3 is 0 Å². The van der Waals surface area contributed by atoms with Crippen molar-refractivity contribution in [3.05, 3.63) is 52.3 Å². The topological polar surface area (TPSA) is 59.5 Å². The summed E-state index contributed by atoms with van der Waals surface area (Å²) < 4.78 is 5.24. The van der Waals surface area contributed by atoms with Crippen molar-refractivity contribution in [2.75, 3.05) is 12.0 Å². The van der Waals surface area contributed by atoms with Gasteiger partial charge in [-0.1, -0.05) is 11.6 Å². The Labute approximate surface area is 126 Å². The van der Waals surface area contributed by atoms with Crippen molar-refractivity contribution in [3.63, 3.8) is 0 Å². The summed E-state index contributed by atoms with van der Waals surface area (Å²) in [5.74, 6) is -0.436. The number of halogens is 1. The number of nitrogens with zero attached hydrogens (tertiary/aromatic N) is 2. The molecule has 2 heterocycles. The third-order valence-corrected chi connectivity index (χ3v) is 3.80. The van der Waals surface area contributed by atoms with Crippen LogP contribution in [0.3, 0.4) is 0 Å². The van der Waals surface area contributed by atoms with Crippen molar-refractivity contribution in [2.24, 2.45) is 0 Å². The van der Waals surface area contributed by atoms with Crippen molar-refractivity contribution in [1.82, 2.24) is 4.98 Å². The third kappa shape index (κ3) is 1.97. The number of carbonyl (C=O) groups is 2. The molecule has 5 nitrogen and oxygen atoms in total. The minimum atomic E-state index is -0.414. The molecule has 0 radical (unpaired) electrons. The first kappa shape index (κ1) is 13.6. The lowest BCUT2D eigenvalue weighted by molar-refractivity contribution is 0.0925. The van der Waals surface area contributed by atoms with Gasteiger partial charge in [-0.15, -0.1) is 0 Å². The molecule has 6 heteroatoms. The lowest BCUT2D eigenvalue weighted by Gasteiger charge is -2.18. The van der Waals surface area contributed by atoms with E-state index in [-0.39, 0.29) is 5.56 Å². The molecule has 0 fully saturated rings. The van der Waals surface area contributed by atoms with Gasteiger partial charge in [0.05, 0.1) is 23.9 Å². The molecule has 3 rings (SSSR count). The molecule has 1 aromatic heterocycles. The summed E-state index contributed by atoms with van der Waals surface area (Å²) in [5, 5.41) is 0.508. The number of rotatable bonds is 2. The van der Waals surface area contributed by atoms with Crippen LogP contribution >= 0.6 is 11.6 Å². The van der Waals surface area contributed by atoms with E-state index in [4.69, 9.17) is 16.3 Å². The number of fused-ring (bicyclic) bond motifs is 1. The first-order valence-electron chi connectivity index (χ1n) is 6.21. The van der Waals surface area contributed by atoms with Crippen LogP contribution in [0.2, 0.25) is 5.02 Å². The molecule has 0 spiro atoms. The fourth-order valence-electron chi connectivity index (χ4n) is 2.29. The Hall–Kier alpha value is -2.40. The number of carbonyl (C=O) groups excluding carboxylic acids is 2. The summed E-state index contributed by atoms with van der Waals surface area (Å²) in [6, 6.07) is 4.79. The maximum atomic E-state index is 12.5. The molecular formula is C15H11ClN2O3. The second-order valence-electron chi connectivity index (χ2n) is 4.64. The molecule has 1 aromatic carbocycles. The van der Waals surface area contributed by atoms with Crippen LogP contribution in [0, 0.1) is 6.92 Å². The molecule has 106 valence electrons. The number of hydrogen-bond acceptors (Lipinski definition) is 4. The molecule has 0 saturated heterocycles. The van der Waals surface area contributed by atoms with E-state index in [0.717, 1.165) is 10.5 Å². The monoisotopic (exact) mass is 302 g/mol. The highest BCUT2D eigenvalue weighted by Gasteiger charge is 2.38. The molecule has 2 amide bonds. The van der Waals surface area contributed by atoms with Gasteiger partial charge < -0.3 is 4.74 Å². The Bertz CT molecular complexity index is 739. The number of hydrogen-bond donors (Lipinski definition) is 0. The SMILES string of the molecule is COc1cc(Cl)c(C)cc1N1C(=O)c2ccncc2C1=O. The van der Waals surface area contributed by atoms with Gasteiger partial charge in [0.15, 0.2) is 0 Å². The van der Waals surface area contributed by atoms with E-state index in [1.165, 1.54) is 25.6 Å². The predicted molar refractivity (Wildman–Crippen MR) is 78.1 cm³/mol. The van der Waals surface area contributed by atoms with Gasteiger partial charge in [-0.2, -0.15) is 0 Å². The Morgan fingerprint density at radius 3 is 2.57 bits per heavy atom. The zero-order chi connectivity index (χ0) is 15.1. The molecule has 0 aliphatic carbocycles. The smallest absolute Gasteiger partial charge is 0.267 e. The van der Waals surface area contributed by atoms with Crippen LogP contribution in [-0.2, 0) is 0 Å². The molecule has 1 aliphatic heterocycles. The Balaban J connectivity index is 2.17. The van der Waals surface area contributed by atoms with Crippen LogP contribution in [0.5, 0.6) is 5.75 Å². The van der Waals surface area contributed by atoms with Crippen LogP contribution in [0.1, 0.15) is 26.3 Å². The van der Waals surface area contributed by atoms with Gasteiger partial charge in [-0.05, 0) is 24.6 Å². The van der Waals surface area contributed by atoms with Crippen LogP contribution in [0.15, 0.2) is 30.6 Å². The molecular weight excluding hydrogens is 292 g/mol. The predicted octanol–water partition coefficient (Wildman–Crippen LogP) is 2.85. The van der Waals surface area contributed by atoms with Crippen molar-refractivity contribution < 1.29 is 14.3 Å². The van der Waals surface area contributed by atoms with Crippen LogP contribution < -0.4 is 9.64 Å². The van der Waals surface area contributed by atoms with Crippen molar-refractivity contribution >= 4 is 29.1 Å². The fraction of sp³-hybridized carbons (Fsp3) is 0.133. The molecule has 0 unspecified atom stereocenters. The summed E-state index contributed by atoms with van der Waals surface area (Å²) in [4.78, 5) is 29.9. The quantitative estimate of drug-likeness (QED) is 0.800. The summed E-state index contributed by atoms with van der Waals surface area (Å²) in [6.45, 7) is 1.80.